The van der Waals surface area contributed by atoms with Crippen molar-refractivity contribution in [3.63, 3.8) is 0 Å². The van der Waals surface area contributed by atoms with Gasteiger partial charge in [0.1, 0.15) is 6.04 Å². The minimum absolute atomic E-state index is 0.0663. The first kappa shape index (κ1) is 15.2. The molecule has 1 aliphatic rings. The van der Waals surface area contributed by atoms with Gasteiger partial charge in [-0.2, -0.15) is 0 Å². The van der Waals surface area contributed by atoms with Gasteiger partial charge < -0.3 is 0 Å². The van der Waals surface area contributed by atoms with Crippen molar-refractivity contribution in [1.29, 1.82) is 0 Å². The Kier molecular flexibility index (Phi) is 3.63. The fourth-order valence-corrected chi connectivity index (χ4v) is 2.98. The zero-order valence-electron chi connectivity index (χ0n) is 11.8. The Morgan fingerprint density at radius 2 is 1.57 bits per heavy atom. The van der Waals surface area contributed by atoms with E-state index in [-0.39, 0.29) is 4.90 Å². The third kappa shape index (κ3) is 2.81. The fraction of sp³-hybridized carbons (Fsp3) is 0.0667. The van der Waals surface area contributed by atoms with Crippen molar-refractivity contribution in [3.05, 3.63) is 60.2 Å². The number of benzene rings is 2. The van der Waals surface area contributed by atoms with Crippen molar-refractivity contribution in [1.82, 2.24) is 5.32 Å². The molecule has 3 N–H and O–H groups in total. The molecule has 2 aromatic carbocycles. The number of carbonyl (C=O) groups excluding carboxylic acids is 2. The van der Waals surface area contributed by atoms with Crippen LogP contribution in [-0.4, -0.2) is 20.4 Å². The van der Waals surface area contributed by atoms with E-state index in [9.17, 15) is 18.0 Å². The first-order valence-corrected chi connectivity index (χ1v) is 8.24. The number of carbonyl (C=O) groups is 2. The molecule has 0 bridgehead atoms. The lowest BCUT2D eigenvalue weighted by atomic mass is 10.1. The number of amides is 3. The highest BCUT2D eigenvalue weighted by molar-refractivity contribution is 7.89. The Bertz CT molecular complexity index is 863. The average molecular weight is 331 g/mol. The molecule has 3 amide bonds. The molecule has 1 saturated heterocycles. The molecular formula is C15H13N3O4S. The normalized spacial score (nSPS) is 18.1. The van der Waals surface area contributed by atoms with Gasteiger partial charge in [-0.1, -0.05) is 30.3 Å². The van der Waals surface area contributed by atoms with Gasteiger partial charge in [0.15, 0.2) is 0 Å². The molecule has 118 valence electrons. The van der Waals surface area contributed by atoms with Crippen LogP contribution in [0.2, 0.25) is 0 Å². The van der Waals surface area contributed by atoms with Crippen LogP contribution < -0.4 is 15.4 Å². The highest BCUT2D eigenvalue weighted by Gasteiger charge is 2.40. The van der Waals surface area contributed by atoms with Crippen molar-refractivity contribution in [3.8, 4) is 0 Å². The summed E-state index contributed by atoms with van der Waals surface area (Å²) in [5.41, 5.74) is 1.06. The molecule has 2 aromatic rings. The van der Waals surface area contributed by atoms with Gasteiger partial charge in [0.25, 0.3) is 5.91 Å². The molecule has 1 aliphatic heterocycles. The van der Waals surface area contributed by atoms with Gasteiger partial charge in [-0.05, 0) is 29.8 Å². The number of anilines is 1. The maximum absolute atomic E-state index is 12.1. The largest absolute Gasteiger partial charge is 0.329 e. The molecule has 0 spiro atoms. The van der Waals surface area contributed by atoms with E-state index in [0.717, 1.165) is 0 Å². The number of nitrogens with one attached hydrogen (secondary N) is 1. The zero-order valence-corrected chi connectivity index (χ0v) is 12.7. The molecular weight excluding hydrogens is 318 g/mol. The number of primary sulfonamides is 1. The smallest absolute Gasteiger partial charge is 0.277 e. The van der Waals surface area contributed by atoms with E-state index in [4.69, 9.17) is 5.14 Å². The molecule has 7 nitrogen and oxygen atoms in total. The summed E-state index contributed by atoms with van der Waals surface area (Å²) in [6.07, 6.45) is 0. The van der Waals surface area contributed by atoms with Gasteiger partial charge in [0, 0.05) is 5.69 Å². The summed E-state index contributed by atoms with van der Waals surface area (Å²) in [7, 11) is -3.82. The van der Waals surface area contributed by atoms with Crippen LogP contribution in [0.5, 0.6) is 0 Å². The Morgan fingerprint density at radius 1 is 0.957 bits per heavy atom. The minimum Gasteiger partial charge on any atom is -0.277 e. The van der Waals surface area contributed by atoms with Crippen LogP contribution in [0.1, 0.15) is 11.6 Å². The van der Waals surface area contributed by atoms with Crippen LogP contribution in [0.3, 0.4) is 0 Å². The van der Waals surface area contributed by atoms with Gasteiger partial charge in [-0.25, -0.2) is 18.4 Å². The molecule has 1 fully saturated rings. The zero-order chi connectivity index (χ0) is 16.6. The topological polar surface area (TPSA) is 110 Å². The van der Waals surface area contributed by atoms with Gasteiger partial charge in [0.2, 0.25) is 10.0 Å². The standard InChI is InChI=1S/C15H13N3O4S/c16-23(21,22)12-8-6-11(7-9-12)18-13(14(19)17-15(18)20)10-4-2-1-3-5-10/h1-9,13H,(H2,16,21,22)(H,17,19,20). The van der Waals surface area contributed by atoms with Gasteiger partial charge >= 0.3 is 6.03 Å². The molecule has 0 aromatic heterocycles. The second kappa shape index (κ2) is 5.49. The molecule has 1 heterocycles. The van der Waals surface area contributed by atoms with E-state index >= 15 is 0 Å². The number of rotatable bonds is 3. The van der Waals surface area contributed by atoms with Crippen molar-refractivity contribution in [2.45, 2.75) is 10.9 Å². The van der Waals surface area contributed by atoms with E-state index < -0.39 is 28.0 Å². The van der Waals surface area contributed by atoms with Crippen molar-refractivity contribution < 1.29 is 18.0 Å². The molecule has 0 saturated carbocycles. The second-order valence-corrected chi connectivity index (χ2v) is 6.58. The quantitative estimate of drug-likeness (QED) is 0.822. The van der Waals surface area contributed by atoms with Crippen LogP contribution in [0, 0.1) is 0 Å². The number of urea groups is 1. The van der Waals surface area contributed by atoms with E-state index in [1.165, 1.54) is 29.2 Å². The van der Waals surface area contributed by atoms with E-state index in [0.29, 0.717) is 11.3 Å². The first-order chi connectivity index (χ1) is 10.9. The summed E-state index contributed by atoms with van der Waals surface area (Å²) < 4.78 is 22.6. The highest BCUT2D eigenvalue weighted by Crippen LogP contribution is 2.31. The maximum atomic E-state index is 12.1. The summed E-state index contributed by atoms with van der Waals surface area (Å²) in [5, 5.41) is 7.32. The number of nitrogens with zero attached hydrogens (tertiary/aromatic N) is 1. The number of hydrogen-bond donors (Lipinski definition) is 2. The fourth-order valence-electron chi connectivity index (χ4n) is 2.47. The van der Waals surface area contributed by atoms with Gasteiger partial charge in [-0.15, -0.1) is 0 Å². The van der Waals surface area contributed by atoms with Crippen LogP contribution in [-0.2, 0) is 14.8 Å². The van der Waals surface area contributed by atoms with Crippen LogP contribution in [0.4, 0.5) is 10.5 Å². The third-order valence-electron chi connectivity index (χ3n) is 3.51. The summed E-state index contributed by atoms with van der Waals surface area (Å²) in [6, 6.07) is 12.9. The van der Waals surface area contributed by atoms with Crippen LogP contribution >= 0.6 is 0 Å². The Hall–Kier alpha value is -2.71. The van der Waals surface area contributed by atoms with Crippen molar-refractivity contribution in [2.24, 2.45) is 5.14 Å². The maximum Gasteiger partial charge on any atom is 0.329 e. The number of nitrogens with two attached hydrogens (primary N) is 1. The summed E-state index contributed by atoms with van der Waals surface area (Å²) in [6.45, 7) is 0. The van der Waals surface area contributed by atoms with E-state index in [2.05, 4.69) is 5.32 Å². The lowest BCUT2D eigenvalue weighted by Gasteiger charge is -2.22. The Balaban J connectivity index is 2.02. The lowest BCUT2D eigenvalue weighted by molar-refractivity contribution is -0.119. The molecule has 8 heteroatoms. The van der Waals surface area contributed by atoms with Crippen molar-refractivity contribution >= 4 is 27.6 Å². The monoisotopic (exact) mass is 331 g/mol. The molecule has 0 aliphatic carbocycles. The van der Waals surface area contributed by atoms with E-state index in [1.807, 2.05) is 6.07 Å². The summed E-state index contributed by atoms with van der Waals surface area (Å²) in [5.74, 6) is -0.434. The predicted molar refractivity (Wildman–Crippen MR) is 83.0 cm³/mol. The molecule has 3 rings (SSSR count). The highest BCUT2D eigenvalue weighted by atomic mass is 32.2. The second-order valence-electron chi connectivity index (χ2n) is 5.02. The van der Waals surface area contributed by atoms with E-state index in [1.54, 1.807) is 24.3 Å². The SMILES string of the molecule is NS(=O)(=O)c1ccc(N2C(=O)NC(=O)C2c2ccccc2)cc1. The molecule has 23 heavy (non-hydrogen) atoms. The number of imide groups is 1. The van der Waals surface area contributed by atoms with Crippen LogP contribution in [0.25, 0.3) is 0 Å². The summed E-state index contributed by atoms with van der Waals surface area (Å²) in [4.78, 5) is 25.4. The minimum atomic E-state index is -3.82. The summed E-state index contributed by atoms with van der Waals surface area (Å²) >= 11 is 0. The first-order valence-electron chi connectivity index (χ1n) is 6.70. The Labute approximate surface area is 132 Å². The molecule has 0 radical (unpaired) electrons. The Morgan fingerprint density at radius 3 is 2.13 bits per heavy atom. The third-order valence-corrected chi connectivity index (χ3v) is 4.44. The number of sulfonamides is 1. The van der Waals surface area contributed by atoms with Gasteiger partial charge in [-0.3, -0.25) is 15.0 Å². The van der Waals surface area contributed by atoms with Crippen LogP contribution in [0.15, 0.2) is 59.5 Å². The van der Waals surface area contributed by atoms with Crippen molar-refractivity contribution in [2.75, 3.05) is 4.90 Å². The lowest BCUT2D eigenvalue weighted by Crippen LogP contribution is -2.29. The predicted octanol–water partition coefficient (Wildman–Crippen LogP) is 1.13. The molecule has 1 atom stereocenters. The average Bonchev–Trinajstić information content (AvgIpc) is 2.82. The molecule has 1 unspecified atom stereocenters. The van der Waals surface area contributed by atoms with Gasteiger partial charge in [0.05, 0.1) is 4.90 Å². The number of hydrogen-bond acceptors (Lipinski definition) is 4.